The van der Waals surface area contributed by atoms with Crippen LogP contribution in [-0.2, 0) is 42.4 Å². The Balaban J connectivity index is 0.945. The molecule has 4 amide bonds. The van der Waals surface area contributed by atoms with Gasteiger partial charge in [0.05, 0.1) is 30.4 Å². The average Bonchev–Trinajstić information content (AvgIpc) is 3.91. The van der Waals surface area contributed by atoms with Crippen LogP contribution < -0.4 is 31.7 Å². The Morgan fingerprint density at radius 2 is 1.67 bits per heavy atom. The Labute approximate surface area is 376 Å². The van der Waals surface area contributed by atoms with Crippen LogP contribution in [0.2, 0.25) is 0 Å². The van der Waals surface area contributed by atoms with Gasteiger partial charge >= 0.3 is 11.7 Å². The number of phosphoric acid groups is 1. The zero-order chi connectivity index (χ0) is 46.8. The molecule has 354 valence electrons. The van der Waals surface area contributed by atoms with Gasteiger partial charge in [-0.3, -0.25) is 38.2 Å². The zero-order valence-electron chi connectivity index (χ0n) is 36.8. The molecule has 1 aromatic carbocycles. The van der Waals surface area contributed by atoms with E-state index < -0.39 is 57.6 Å². The maximum atomic E-state index is 13.3. The number of thioether (sulfide) groups is 1. The number of fused-ring (bicyclic) bond motifs is 1. The fraction of sp³-hybridized carbons (Fsp3) is 0.619. The van der Waals surface area contributed by atoms with Gasteiger partial charge in [-0.25, -0.2) is 9.59 Å². The van der Waals surface area contributed by atoms with Gasteiger partial charge in [-0.1, -0.05) is 58.6 Å². The number of Topliss-reactive ketones (excluding diaryl/α,β-unsaturated/α-hetero) is 1. The molecule has 3 fully saturated rings. The van der Waals surface area contributed by atoms with E-state index in [-0.39, 0.29) is 52.5 Å². The number of ether oxygens (including phenoxy) is 1. The summed E-state index contributed by atoms with van der Waals surface area (Å²) >= 11 is 1.77. The maximum Gasteiger partial charge on any atom is 0.330 e. The van der Waals surface area contributed by atoms with E-state index in [1.54, 1.807) is 23.9 Å². The third-order valence-corrected chi connectivity index (χ3v) is 14.4. The first-order chi connectivity index (χ1) is 30.2. The first-order valence-corrected chi connectivity index (χ1v) is 26.0. The van der Waals surface area contributed by atoms with Crippen molar-refractivity contribution < 1.29 is 56.4 Å². The minimum absolute atomic E-state index is 0.0388. The molecule has 3 aliphatic rings. The molecule has 22 heteroatoms. The van der Waals surface area contributed by atoms with Crippen molar-refractivity contribution in [1.82, 2.24) is 25.1 Å². The number of imide groups is 1. The molecule has 6 unspecified atom stereocenters. The fourth-order valence-corrected chi connectivity index (χ4v) is 10.5. The third-order valence-electron chi connectivity index (χ3n) is 11.3. The normalized spacial score (nSPS) is 24.0. The van der Waals surface area contributed by atoms with Crippen molar-refractivity contribution in [1.29, 1.82) is 0 Å². The SMILES string of the molecule is COP(=O)([O-])OC1C[C@H](n2cc(/C=C/C(=O)NCCCCCCCC(=O)CCCCC3SCC4C3NC(=O)N4C(=O)c3ccc(C(C)(C)C)cc3)c(=O)[nH]c2=O)O[C@@H]1COP(C)(=O)[O-]. The van der Waals surface area contributed by atoms with Gasteiger partial charge in [-0.2, -0.15) is 11.8 Å². The summed E-state index contributed by atoms with van der Waals surface area (Å²) in [5.41, 5.74) is -0.200. The molecule has 1 aromatic heterocycles. The number of hydrogen-bond donors (Lipinski definition) is 3. The van der Waals surface area contributed by atoms with Gasteiger partial charge in [0.15, 0.2) is 0 Å². The molecule has 64 heavy (non-hydrogen) atoms. The highest BCUT2D eigenvalue weighted by Gasteiger charge is 2.50. The average molecular weight is 952 g/mol. The number of nitrogens with zero attached hydrogens (tertiary/aromatic N) is 2. The van der Waals surface area contributed by atoms with Crippen molar-refractivity contribution in [3.63, 3.8) is 0 Å². The van der Waals surface area contributed by atoms with Crippen molar-refractivity contribution in [2.45, 2.75) is 133 Å². The van der Waals surface area contributed by atoms with Crippen LogP contribution >= 0.6 is 27.2 Å². The highest BCUT2D eigenvalue weighted by Crippen LogP contribution is 2.45. The van der Waals surface area contributed by atoms with Crippen LogP contribution in [0.25, 0.3) is 6.08 Å². The number of phosphoric ester groups is 1. The molecule has 8 atom stereocenters. The van der Waals surface area contributed by atoms with Crippen LogP contribution in [0.1, 0.15) is 119 Å². The predicted octanol–water partition coefficient (Wildman–Crippen LogP) is 4.14. The minimum atomic E-state index is -4.80. The van der Waals surface area contributed by atoms with Gasteiger partial charge < -0.3 is 43.3 Å². The second-order valence-corrected chi connectivity index (χ2v) is 21.8. The number of benzene rings is 1. The summed E-state index contributed by atoms with van der Waals surface area (Å²) in [5, 5.41) is 5.98. The van der Waals surface area contributed by atoms with Crippen LogP contribution in [-0.4, -0.2) is 100 Å². The summed E-state index contributed by atoms with van der Waals surface area (Å²) < 4.78 is 44.3. The lowest BCUT2D eigenvalue weighted by molar-refractivity contribution is -0.229. The molecule has 0 aliphatic carbocycles. The monoisotopic (exact) mass is 951 g/mol. The van der Waals surface area contributed by atoms with Crippen molar-refractivity contribution >= 4 is 56.9 Å². The summed E-state index contributed by atoms with van der Waals surface area (Å²) in [5.74, 6) is 0.159. The fourth-order valence-electron chi connectivity index (χ4n) is 7.81. The smallest absolute Gasteiger partial charge is 0.330 e. The zero-order valence-corrected chi connectivity index (χ0v) is 39.4. The van der Waals surface area contributed by atoms with Gasteiger partial charge in [-0.15, -0.1) is 0 Å². The van der Waals surface area contributed by atoms with E-state index in [0.717, 1.165) is 81.1 Å². The number of ketones is 1. The summed E-state index contributed by atoms with van der Waals surface area (Å²) in [7, 11) is -8.15. The first-order valence-electron chi connectivity index (χ1n) is 21.5. The molecule has 3 saturated heterocycles. The molecule has 0 bridgehead atoms. The van der Waals surface area contributed by atoms with E-state index in [4.69, 9.17) is 13.8 Å². The Morgan fingerprint density at radius 1 is 1.00 bits per heavy atom. The number of rotatable bonds is 23. The Bertz CT molecular complexity index is 2220. The molecule has 0 spiro atoms. The quantitative estimate of drug-likeness (QED) is 0.0612. The van der Waals surface area contributed by atoms with Crippen LogP contribution in [0.15, 0.2) is 46.1 Å². The molecule has 3 N–H and O–H groups in total. The van der Waals surface area contributed by atoms with Crippen molar-refractivity contribution in [3.05, 3.63) is 74.1 Å². The summed E-state index contributed by atoms with van der Waals surface area (Å²) in [6.07, 6.45) is 7.06. The Morgan fingerprint density at radius 3 is 2.34 bits per heavy atom. The van der Waals surface area contributed by atoms with E-state index >= 15 is 0 Å². The van der Waals surface area contributed by atoms with Crippen LogP contribution in [0.5, 0.6) is 0 Å². The number of urea groups is 1. The van der Waals surface area contributed by atoms with Gasteiger partial charge in [-0.05, 0) is 54.9 Å². The van der Waals surface area contributed by atoms with Crippen LogP contribution in [0.3, 0.4) is 0 Å². The molecular formula is C42H59N5O14P2S-2. The van der Waals surface area contributed by atoms with E-state index in [0.29, 0.717) is 37.1 Å². The standard InChI is InChI=1S/C42H61N5O14P2S/c1-42(2,3)29-19-16-27(17-20-29)39(51)47-31-26-64-34(37(31)44-41(47)53)15-11-10-14-30(48)13-9-7-6-8-12-22-43-35(49)21-18-28-24-46(40(52)45-38(28)50)36-23-32(61-63(56,57)58-4)33(60-36)25-59-62(5,54)55/h16-21,24,31-34,36-37H,6-15,22-23,25-26H2,1-5H3,(H,43,49)(H,44,53)(H,54,55)(H,56,57)(H,45,50,52)/p-2/b21-18+/t31?,32?,33-,34?,36-,37?/m1/s1. The topological polar surface area (TPSA) is 268 Å². The second-order valence-electron chi connectivity index (χ2n) is 17.3. The van der Waals surface area contributed by atoms with E-state index in [2.05, 4.69) is 40.9 Å². The van der Waals surface area contributed by atoms with E-state index in [1.807, 2.05) is 12.1 Å². The molecule has 4 heterocycles. The molecular weight excluding hydrogens is 892 g/mol. The number of carbonyl (C=O) groups excluding carboxylic acids is 4. The summed E-state index contributed by atoms with van der Waals surface area (Å²) in [6, 6.07) is 6.84. The number of H-pyrrole nitrogens is 1. The van der Waals surface area contributed by atoms with Crippen molar-refractivity contribution in [2.75, 3.05) is 32.7 Å². The number of unbranched alkanes of at least 4 members (excludes halogenated alkanes) is 5. The predicted molar refractivity (Wildman–Crippen MR) is 236 cm³/mol. The molecule has 0 saturated carbocycles. The third kappa shape index (κ3) is 14.6. The van der Waals surface area contributed by atoms with Crippen LogP contribution in [0, 0.1) is 0 Å². The summed E-state index contributed by atoms with van der Waals surface area (Å²) in [6.45, 7) is 6.92. The van der Waals surface area contributed by atoms with Gasteiger partial charge in [0.1, 0.15) is 25.7 Å². The van der Waals surface area contributed by atoms with E-state index in [1.165, 1.54) is 11.0 Å². The molecule has 0 radical (unpaired) electrons. The number of carbonyl (C=O) groups is 4. The second kappa shape index (κ2) is 22.7. The lowest BCUT2D eigenvalue weighted by Gasteiger charge is -2.28. The molecule has 3 aliphatic heterocycles. The number of nitrogens with one attached hydrogen (secondary N) is 3. The van der Waals surface area contributed by atoms with Gasteiger partial charge in [0.2, 0.25) is 5.91 Å². The Kier molecular flexibility index (Phi) is 18.2. The number of amides is 4. The van der Waals surface area contributed by atoms with Crippen LogP contribution in [0.4, 0.5) is 4.79 Å². The van der Waals surface area contributed by atoms with E-state index in [9.17, 15) is 47.7 Å². The minimum Gasteiger partial charge on any atom is -0.779 e. The largest absolute Gasteiger partial charge is 0.779 e. The highest BCUT2D eigenvalue weighted by molar-refractivity contribution is 8.00. The first kappa shape index (κ1) is 51.3. The van der Waals surface area contributed by atoms with Gasteiger partial charge in [0, 0.05) is 68.4 Å². The molecule has 2 aromatic rings. The maximum absolute atomic E-state index is 13.3. The number of aromatic nitrogens is 2. The van der Waals surface area contributed by atoms with Crippen molar-refractivity contribution in [2.24, 2.45) is 0 Å². The molecule has 19 nitrogen and oxygen atoms in total. The lowest BCUT2D eigenvalue weighted by Crippen LogP contribution is -2.41. The van der Waals surface area contributed by atoms with Crippen molar-refractivity contribution in [3.8, 4) is 0 Å². The Hall–Kier alpha value is -3.71. The highest BCUT2D eigenvalue weighted by atomic mass is 32.2. The lowest BCUT2D eigenvalue weighted by atomic mass is 9.86. The van der Waals surface area contributed by atoms with Gasteiger partial charge in [0.25, 0.3) is 19.3 Å². The number of aromatic amines is 1. The number of hydrogen-bond acceptors (Lipinski definition) is 15. The molecule has 5 rings (SSSR count). The summed E-state index contributed by atoms with van der Waals surface area (Å²) in [4.78, 5) is 104.